The molecular formula is C28H26F5N3O4S. The van der Waals surface area contributed by atoms with Gasteiger partial charge in [0, 0.05) is 41.6 Å². The molecule has 0 bridgehead atoms. The van der Waals surface area contributed by atoms with Gasteiger partial charge in [0.2, 0.25) is 0 Å². The largest absolute Gasteiger partial charge is 0.416 e. The molecule has 41 heavy (non-hydrogen) atoms. The zero-order chi connectivity index (χ0) is 34.2. The molecule has 218 valence electrons. The summed E-state index contributed by atoms with van der Waals surface area (Å²) in [5.41, 5.74) is -4.34. The van der Waals surface area contributed by atoms with E-state index in [-0.39, 0.29) is 35.5 Å². The predicted molar refractivity (Wildman–Crippen MR) is 141 cm³/mol. The zero-order valence-electron chi connectivity index (χ0n) is 26.0. The van der Waals surface area contributed by atoms with Crippen LogP contribution in [-0.2, 0) is 29.0 Å². The van der Waals surface area contributed by atoms with Crippen LogP contribution in [0, 0.1) is 5.82 Å². The first kappa shape index (κ1) is 23.8. The molecule has 7 nitrogen and oxygen atoms in total. The van der Waals surface area contributed by atoms with E-state index in [0.29, 0.717) is 23.2 Å². The molecule has 0 aliphatic heterocycles. The summed E-state index contributed by atoms with van der Waals surface area (Å²) in [6.07, 6.45) is -4.45. The summed E-state index contributed by atoms with van der Waals surface area (Å²) in [4.78, 5) is 16.2. The average molecular weight is 601 g/mol. The number of aromatic nitrogens is 2. The Morgan fingerprint density at radius 1 is 1.17 bits per heavy atom. The quantitative estimate of drug-likeness (QED) is 0.249. The Bertz CT molecular complexity index is 1860. The van der Waals surface area contributed by atoms with Gasteiger partial charge in [-0.05, 0) is 54.1 Å². The smallest absolute Gasteiger partial charge is 0.394 e. The highest BCUT2D eigenvalue weighted by Gasteiger charge is 2.34. The van der Waals surface area contributed by atoms with Gasteiger partial charge in [-0.25, -0.2) is 17.2 Å². The highest BCUT2D eigenvalue weighted by Crippen LogP contribution is 2.34. The molecule has 4 rings (SSSR count). The number of rotatable bonds is 10. The van der Waals surface area contributed by atoms with Gasteiger partial charge in [0.05, 0.1) is 41.1 Å². The van der Waals surface area contributed by atoms with Gasteiger partial charge in [0.25, 0.3) is 5.91 Å². The van der Waals surface area contributed by atoms with E-state index in [1.165, 1.54) is 28.8 Å². The van der Waals surface area contributed by atoms with Crippen LogP contribution in [0.3, 0.4) is 0 Å². The van der Waals surface area contributed by atoms with Crippen LogP contribution in [0.25, 0.3) is 10.9 Å². The lowest BCUT2D eigenvalue weighted by Gasteiger charge is -2.16. The van der Waals surface area contributed by atoms with E-state index in [0.717, 1.165) is 24.3 Å². The summed E-state index contributed by atoms with van der Waals surface area (Å²) in [6, 6.07) is 8.75. The lowest BCUT2D eigenvalue weighted by molar-refractivity contribution is -0.138. The number of nitrogens with zero attached hydrogens (tertiary/aromatic N) is 2. The third-order valence-corrected chi connectivity index (χ3v) is 7.49. The Morgan fingerprint density at radius 2 is 1.95 bits per heavy atom. The highest BCUT2D eigenvalue weighted by atomic mass is 32.2. The molecule has 0 aliphatic carbocycles. The standard InChI is InChI=1S/C28H26F5N3O4S/c1-2-41(39,40)22-6-7-24(34-15-22)25(16-37)35-27(38)18-4-8-26-19(11-18)13-21(36(26)10-9-29)12-17-3-5-20(30)14-23(17)28(31,32)33/h3-8,11,13-15,25,37H,2,9-10,12,16H2,1H3,(H,35,38)/i1D3,2D2. The van der Waals surface area contributed by atoms with Crippen molar-refractivity contribution in [2.45, 2.75) is 36.9 Å². The second kappa shape index (κ2) is 12.0. The number of aliphatic hydroxyl groups excluding tert-OH is 1. The van der Waals surface area contributed by atoms with E-state index in [1.807, 2.05) is 0 Å². The van der Waals surface area contributed by atoms with E-state index in [9.17, 15) is 40.3 Å². The van der Waals surface area contributed by atoms with Gasteiger partial charge >= 0.3 is 6.18 Å². The SMILES string of the molecule is [2H]C([2H])([2H])C([2H])([2H])S(=O)(=O)c1ccc(C(CO)NC(=O)c2ccc3c(c2)cc(Cc2ccc(F)cc2C(F)(F)F)n3CCF)nc1. The minimum absolute atomic E-state index is 0.0396. The van der Waals surface area contributed by atoms with E-state index in [2.05, 4.69) is 10.3 Å². The molecule has 0 spiro atoms. The van der Waals surface area contributed by atoms with Crippen molar-refractivity contribution >= 4 is 26.6 Å². The van der Waals surface area contributed by atoms with Crippen LogP contribution in [0.1, 0.15) is 52.6 Å². The van der Waals surface area contributed by atoms with Crippen LogP contribution in [-0.4, -0.2) is 48.0 Å². The molecule has 1 atom stereocenters. The van der Waals surface area contributed by atoms with Crippen LogP contribution in [0.2, 0.25) is 0 Å². The first-order valence-electron chi connectivity index (χ1n) is 14.5. The maximum absolute atomic E-state index is 13.6. The number of alkyl halides is 4. The topological polar surface area (TPSA) is 101 Å². The van der Waals surface area contributed by atoms with Crippen LogP contribution in [0.4, 0.5) is 22.0 Å². The number of carbonyl (C=O) groups excluding carboxylic acids is 1. The highest BCUT2D eigenvalue weighted by molar-refractivity contribution is 7.91. The molecular weight excluding hydrogens is 569 g/mol. The number of halogens is 5. The van der Waals surface area contributed by atoms with E-state index in [4.69, 9.17) is 6.85 Å². The normalized spacial score (nSPS) is 15.4. The number of hydrogen-bond acceptors (Lipinski definition) is 5. The summed E-state index contributed by atoms with van der Waals surface area (Å²) in [5.74, 6) is -1.81. The van der Waals surface area contributed by atoms with E-state index < -0.39 is 70.1 Å². The van der Waals surface area contributed by atoms with Gasteiger partial charge in [0.15, 0.2) is 9.84 Å². The van der Waals surface area contributed by atoms with Gasteiger partial charge in [-0.3, -0.25) is 9.78 Å². The summed E-state index contributed by atoms with van der Waals surface area (Å²) >= 11 is 0. The number of pyridine rings is 1. The predicted octanol–water partition coefficient (Wildman–Crippen LogP) is 5.01. The lowest BCUT2D eigenvalue weighted by atomic mass is 10.0. The Labute approximate surface area is 239 Å². The van der Waals surface area contributed by atoms with Crippen LogP contribution in [0.15, 0.2) is 65.7 Å². The second-order valence-corrected chi connectivity index (χ2v) is 10.6. The molecule has 2 aromatic heterocycles. The summed E-state index contributed by atoms with van der Waals surface area (Å²) in [5, 5.41) is 12.8. The van der Waals surface area contributed by atoms with Gasteiger partial charge in [-0.2, -0.15) is 13.2 Å². The van der Waals surface area contributed by atoms with Crippen LogP contribution >= 0.6 is 0 Å². The van der Waals surface area contributed by atoms with Crippen molar-refractivity contribution in [3.8, 4) is 0 Å². The molecule has 1 unspecified atom stereocenters. The fourth-order valence-electron chi connectivity index (χ4n) is 4.40. The molecule has 2 N–H and O–H groups in total. The molecule has 4 aromatic rings. The first-order chi connectivity index (χ1) is 21.3. The van der Waals surface area contributed by atoms with Crippen LogP contribution in [0.5, 0.6) is 0 Å². The van der Waals surface area contributed by atoms with Crippen LogP contribution < -0.4 is 5.32 Å². The maximum Gasteiger partial charge on any atom is 0.416 e. The lowest BCUT2D eigenvalue weighted by Crippen LogP contribution is -2.31. The fraction of sp³-hybridized carbons (Fsp3) is 0.286. The Balaban J connectivity index is 1.60. The van der Waals surface area contributed by atoms with Crippen molar-refractivity contribution in [2.24, 2.45) is 0 Å². The first-order valence-corrected chi connectivity index (χ1v) is 13.5. The molecule has 2 heterocycles. The monoisotopic (exact) mass is 600 g/mol. The second-order valence-electron chi connectivity index (χ2n) is 8.96. The number of fused-ring (bicyclic) bond motifs is 1. The molecule has 0 fully saturated rings. The molecule has 13 heteroatoms. The summed E-state index contributed by atoms with van der Waals surface area (Å²) in [7, 11) is -5.01. The van der Waals surface area contributed by atoms with E-state index in [1.54, 1.807) is 0 Å². The molecule has 0 aliphatic rings. The molecule has 1 amide bonds. The van der Waals surface area contributed by atoms with Gasteiger partial charge < -0.3 is 15.0 Å². The Morgan fingerprint density at radius 3 is 2.59 bits per heavy atom. The number of sulfone groups is 1. The fourth-order valence-corrected chi connectivity index (χ4v) is 4.95. The summed E-state index contributed by atoms with van der Waals surface area (Å²) < 4.78 is 131. The van der Waals surface area contributed by atoms with Crippen molar-refractivity contribution in [2.75, 3.05) is 19.0 Å². The zero-order valence-corrected chi connectivity index (χ0v) is 21.9. The van der Waals surface area contributed by atoms with Crippen molar-refractivity contribution in [1.29, 1.82) is 0 Å². The third-order valence-electron chi connectivity index (χ3n) is 6.36. The van der Waals surface area contributed by atoms with Gasteiger partial charge in [-0.15, -0.1) is 0 Å². The number of hydrogen-bond donors (Lipinski definition) is 2. The molecule has 0 saturated heterocycles. The minimum Gasteiger partial charge on any atom is -0.394 e. The van der Waals surface area contributed by atoms with Gasteiger partial charge in [0.1, 0.15) is 12.5 Å². The van der Waals surface area contributed by atoms with Crippen molar-refractivity contribution < 1.29 is 47.1 Å². The average Bonchev–Trinajstić information content (AvgIpc) is 3.31. The third kappa shape index (κ3) is 6.57. The van der Waals surface area contributed by atoms with Crippen molar-refractivity contribution in [3.63, 3.8) is 0 Å². The van der Waals surface area contributed by atoms with E-state index >= 15 is 0 Å². The Hall–Kier alpha value is -3.84. The van der Waals surface area contributed by atoms with Gasteiger partial charge in [-0.1, -0.05) is 12.9 Å². The molecule has 2 aromatic carbocycles. The summed E-state index contributed by atoms with van der Waals surface area (Å²) in [6.45, 7) is -5.25. The number of benzene rings is 2. The minimum atomic E-state index is -5.01. The molecule has 0 saturated carbocycles. The number of carbonyl (C=O) groups is 1. The maximum atomic E-state index is 13.6. The number of aryl methyl sites for hydroxylation is 1. The van der Waals surface area contributed by atoms with Crippen molar-refractivity contribution in [3.05, 3.63) is 94.7 Å². The Kier molecular flexibility index (Phi) is 6.94. The number of aliphatic hydroxyl groups is 1. The number of amides is 1. The molecule has 0 radical (unpaired) electrons. The number of nitrogens with one attached hydrogen (secondary N) is 1. The van der Waals surface area contributed by atoms with Crippen molar-refractivity contribution in [1.82, 2.24) is 14.9 Å².